The van der Waals surface area contributed by atoms with Crippen LogP contribution >= 0.6 is 11.8 Å². The van der Waals surface area contributed by atoms with Crippen molar-refractivity contribution in [2.24, 2.45) is 11.8 Å². The minimum absolute atomic E-state index is 0. The molecular formula is C14H33NOS. The highest BCUT2D eigenvalue weighted by molar-refractivity contribution is 7.99. The second kappa shape index (κ2) is 12.4. The SMILES string of the molecule is CC(C)C.CC(C)NCCSCC(=O)C(C)C.[HH]. The predicted molar refractivity (Wildman–Crippen MR) is 82.9 cm³/mol. The first-order valence-electron chi connectivity index (χ1n) is 6.61. The molecule has 0 aliphatic rings. The summed E-state index contributed by atoms with van der Waals surface area (Å²) in [6, 6.07) is 0.543. The van der Waals surface area contributed by atoms with Crippen LogP contribution in [0.3, 0.4) is 0 Å². The maximum atomic E-state index is 11.2. The molecule has 0 fully saturated rings. The lowest BCUT2D eigenvalue weighted by Crippen LogP contribution is -2.25. The summed E-state index contributed by atoms with van der Waals surface area (Å²) in [6.45, 7) is 15.7. The summed E-state index contributed by atoms with van der Waals surface area (Å²) in [7, 11) is 0. The number of carbonyl (C=O) groups excluding carboxylic acids is 1. The van der Waals surface area contributed by atoms with Crippen LogP contribution in [0.2, 0.25) is 0 Å². The van der Waals surface area contributed by atoms with Gasteiger partial charge in [0.15, 0.2) is 0 Å². The summed E-state index contributed by atoms with van der Waals surface area (Å²) < 4.78 is 0. The molecule has 0 aromatic heterocycles. The van der Waals surface area contributed by atoms with Crippen LogP contribution in [0.5, 0.6) is 0 Å². The molecule has 17 heavy (non-hydrogen) atoms. The van der Waals surface area contributed by atoms with Gasteiger partial charge in [0, 0.05) is 25.7 Å². The molecular weight excluding hydrogens is 230 g/mol. The molecule has 0 bridgehead atoms. The predicted octanol–water partition coefficient (Wildman–Crippen LogP) is 3.85. The summed E-state index contributed by atoms with van der Waals surface area (Å²) >= 11 is 1.72. The fourth-order valence-electron chi connectivity index (χ4n) is 0.759. The number of carbonyl (C=O) groups is 1. The Labute approximate surface area is 114 Å². The lowest BCUT2D eigenvalue weighted by Gasteiger charge is -2.07. The van der Waals surface area contributed by atoms with Crippen LogP contribution in [0.1, 0.15) is 49.9 Å². The van der Waals surface area contributed by atoms with E-state index in [2.05, 4.69) is 39.9 Å². The first-order chi connectivity index (χ1) is 7.77. The van der Waals surface area contributed by atoms with Crippen molar-refractivity contribution in [3.8, 4) is 0 Å². The van der Waals surface area contributed by atoms with Crippen LogP contribution in [0.4, 0.5) is 0 Å². The van der Waals surface area contributed by atoms with Gasteiger partial charge in [0.25, 0.3) is 0 Å². The van der Waals surface area contributed by atoms with Gasteiger partial charge in [0.2, 0.25) is 0 Å². The number of ketones is 1. The van der Waals surface area contributed by atoms with Gasteiger partial charge < -0.3 is 5.32 Å². The van der Waals surface area contributed by atoms with Crippen molar-refractivity contribution in [2.75, 3.05) is 18.1 Å². The Morgan fingerprint density at radius 3 is 1.94 bits per heavy atom. The van der Waals surface area contributed by atoms with Gasteiger partial charge in [-0.3, -0.25) is 4.79 Å². The van der Waals surface area contributed by atoms with E-state index in [4.69, 9.17) is 0 Å². The zero-order valence-electron chi connectivity index (χ0n) is 12.7. The van der Waals surface area contributed by atoms with E-state index >= 15 is 0 Å². The Morgan fingerprint density at radius 2 is 1.59 bits per heavy atom. The fraction of sp³-hybridized carbons (Fsp3) is 0.929. The van der Waals surface area contributed by atoms with E-state index in [9.17, 15) is 4.79 Å². The first-order valence-corrected chi connectivity index (χ1v) is 7.76. The molecule has 0 rings (SSSR count). The molecule has 3 heteroatoms. The average molecular weight is 263 g/mol. The third-order valence-corrected chi connectivity index (χ3v) is 2.67. The minimum atomic E-state index is 0. The molecule has 0 aliphatic heterocycles. The highest BCUT2D eigenvalue weighted by atomic mass is 32.2. The van der Waals surface area contributed by atoms with Crippen molar-refractivity contribution in [1.29, 1.82) is 0 Å². The van der Waals surface area contributed by atoms with Crippen LogP contribution in [0.25, 0.3) is 0 Å². The van der Waals surface area contributed by atoms with Gasteiger partial charge in [0.1, 0.15) is 5.78 Å². The second-order valence-electron chi connectivity index (χ2n) is 5.51. The van der Waals surface area contributed by atoms with Crippen LogP contribution in [0, 0.1) is 11.8 Å². The van der Waals surface area contributed by atoms with E-state index in [-0.39, 0.29) is 7.34 Å². The smallest absolute Gasteiger partial charge is 0.145 e. The largest absolute Gasteiger partial charge is 0.314 e. The van der Waals surface area contributed by atoms with E-state index in [0.717, 1.165) is 18.2 Å². The zero-order valence-corrected chi connectivity index (χ0v) is 13.5. The zero-order chi connectivity index (χ0) is 13.8. The molecule has 0 aliphatic carbocycles. The molecule has 0 aromatic carbocycles. The number of rotatable bonds is 7. The molecule has 0 saturated heterocycles. The van der Waals surface area contributed by atoms with Crippen molar-refractivity contribution in [3.63, 3.8) is 0 Å². The van der Waals surface area contributed by atoms with Crippen LogP contribution in [-0.2, 0) is 4.79 Å². The maximum absolute atomic E-state index is 11.2. The van der Waals surface area contributed by atoms with E-state index in [0.29, 0.717) is 17.6 Å². The summed E-state index contributed by atoms with van der Waals surface area (Å²) in [5.41, 5.74) is 0. The van der Waals surface area contributed by atoms with Crippen LogP contribution in [-0.4, -0.2) is 29.9 Å². The third kappa shape index (κ3) is 21.8. The van der Waals surface area contributed by atoms with Gasteiger partial charge in [0.05, 0.1) is 5.75 Å². The first kappa shape index (κ1) is 19.3. The molecule has 0 unspecified atom stereocenters. The van der Waals surface area contributed by atoms with E-state index < -0.39 is 0 Å². The minimum Gasteiger partial charge on any atom is -0.314 e. The Balaban J connectivity index is -0.000000392. The van der Waals surface area contributed by atoms with E-state index in [1.807, 2.05) is 13.8 Å². The number of Topliss-reactive ketones (excluding diaryl/α,β-unsaturated/α-hetero) is 1. The van der Waals surface area contributed by atoms with E-state index in [1.165, 1.54) is 0 Å². The molecule has 106 valence electrons. The van der Waals surface area contributed by atoms with Crippen LogP contribution < -0.4 is 5.32 Å². The number of thioether (sulfide) groups is 1. The quantitative estimate of drug-likeness (QED) is 0.707. The number of nitrogens with one attached hydrogen (secondary N) is 1. The van der Waals surface area contributed by atoms with Gasteiger partial charge in [-0.15, -0.1) is 0 Å². The van der Waals surface area contributed by atoms with Gasteiger partial charge in [-0.1, -0.05) is 48.5 Å². The van der Waals surface area contributed by atoms with Gasteiger partial charge in [-0.2, -0.15) is 11.8 Å². The van der Waals surface area contributed by atoms with Crippen LogP contribution in [0.15, 0.2) is 0 Å². The molecule has 0 heterocycles. The number of hydrogen-bond acceptors (Lipinski definition) is 3. The highest BCUT2D eigenvalue weighted by Gasteiger charge is 2.05. The average Bonchev–Trinajstić information content (AvgIpc) is 2.15. The Morgan fingerprint density at radius 1 is 1.12 bits per heavy atom. The fourth-order valence-corrected chi connectivity index (χ4v) is 1.70. The van der Waals surface area contributed by atoms with Crippen molar-refractivity contribution in [3.05, 3.63) is 0 Å². The monoisotopic (exact) mass is 263 g/mol. The summed E-state index contributed by atoms with van der Waals surface area (Å²) in [5.74, 6) is 3.06. The van der Waals surface area contributed by atoms with E-state index in [1.54, 1.807) is 11.8 Å². The molecule has 0 atom stereocenters. The molecule has 0 saturated carbocycles. The van der Waals surface area contributed by atoms with Crippen molar-refractivity contribution < 1.29 is 6.22 Å². The molecule has 0 radical (unpaired) electrons. The third-order valence-electron chi connectivity index (χ3n) is 1.69. The topological polar surface area (TPSA) is 29.1 Å². The van der Waals surface area contributed by atoms with Crippen molar-refractivity contribution in [2.45, 2.75) is 54.5 Å². The van der Waals surface area contributed by atoms with Crippen molar-refractivity contribution in [1.82, 2.24) is 5.32 Å². The Kier molecular flexibility index (Phi) is 14.1. The van der Waals surface area contributed by atoms with Gasteiger partial charge in [-0.05, 0) is 5.92 Å². The standard InChI is InChI=1S/C10H21NOS.C4H10.H2/c1-8(2)10(12)7-13-6-5-11-9(3)4;1-4(2)3;/h8-9,11H,5-7H2,1-4H3;4H,1-3H3;1H. The lowest BCUT2D eigenvalue weighted by atomic mass is 10.1. The van der Waals surface area contributed by atoms with Crippen molar-refractivity contribution >= 4 is 17.5 Å². The summed E-state index contributed by atoms with van der Waals surface area (Å²) in [5, 5.41) is 3.32. The Bertz CT molecular complexity index is 182. The lowest BCUT2D eigenvalue weighted by molar-refractivity contribution is -0.119. The Hall–Kier alpha value is -0.0200. The normalized spacial score (nSPS) is 10.7. The second-order valence-corrected chi connectivity index (χ2v) is 6.62. The molecule has 1 N–H and O–H groups in total. The molecule has 0 spiro atoms. The maximum Gasteiger partial charge on any atom is 0.145 e. The summed E-state index contributed by atoms with van der Waals surface area (Å²) in [4.78, 5) is 11.2. The molecule has 0 aromatic rings. The molecule has 0 amide bonds. The van der Waals surface area contributed by atoms with Gasteiger partial charge in [-0.25, -0.2) is 0 Å². The highest BCUT2D eigenvalue weighted by Crippen LogP contribution is 2.04. The van der Waals surface area contributed by atoms with Gasteiger partial charge >= 0.3 is 0 Å². The summed E-state index contributed by atoms with van der Waals surface area (Å²) in [6.07, 6.45) is 0. The molecule has 2 nitrogen and oxygen atoms in total. The number of hydrogen-bond donors (Lipinski definition) is 1.